The van der Waals surface area contributed by atoms with Crippen molar-refractivity contribution in [2.75, 3.05) is 6.61 Å². The van der Waals surface area contributed by atoms with Crippen LogP contribution < -0.4 is 5.32 Å². The summed E-state index contributed by atoms with van der Waals surface area (Å²) in [6.07, 6.45) is 0.742. The summed E-state index contributed by atoms with van der Waals surface area (Å²) >= 11 is 0. The number of hydrogen-bond donors (Lipinski definition) is 2. The van der Waals surface area contributed by atoms with Crippen molar-refractivity contribution in [3.8, 4) is 0 Å². The Kier molecular flexibility index (Phi) is 6.16. The summed E-state index contributed by atoms with van der Waals surface area (Å²) in [6, 6.07) is 0.140. The number of carbonyl (C=O) groups is 1. The minimum atomic E-state index is -1.32. The number of hydrogen-bond acceptors (Lipinski definition) is 6. The van der Waals surface area contributed by atoms with Gasteiger partial charge in [-0.3, -0.25) is 10.1 Å². The average molecular weight is 303 g/mol. The van der Waals surface area contributed by atoms with Gasteiger partial charge in [0.2, 0.25) is 6.29 Å². The van der Waals surface area contributed by atoms with E-state index in [1.54, 1.807) is 0 Å². The highest BCUT2D eigenvalue weighted by Crippen LogP contribution is 2.32. The van der Waals surface area contributed by atoms with Crippen LogP contribution in [0.25, 0.3) is 0 Å². The zero-order chi connectivity index (χ0) is 16.3. The average Bonchev–Trinajstić information content (AvgIpc) is 2.73. The normalized spacial score (nSPS) is 25.9. The quantitative estimate of drug-likeness (QED) is 0.698. The molecule has 0 aromatic heterocycles. The summed E-state index contributed by atoms with van der Waals surface area (Å²) in [5.74, 6) is -0.388. The van der Waals surface area contributed by atoms with Crippen LogP contribution in [0, 0.1) is 5.41 Å². The van der Waals surface area contributed by atoms with Crippen molar-refractivity contribution in [3.63, 3.8) is 0 Å². The molecular formula is C15H29NO5. The van der Waals surface area contributed by atoms with E-state index in [4.69, 9.17) is 19.3 Å². The van der Waals surface area contributed by atoms with Crippen LogP contribution in [0.3, 0.4) is 0 Å². The van der Waals surface area contributed by atoms with E-state index in [0.29, 0.717) is 6.42 Å². The van der Waals surface area contributed by atoms with Crippen LogP contribution in [0.5, 0.6) is 0 Å². The minimum absolute atomic E-state index is 0.00219. The van der Waals surface area contributed by atoms with E-state index in [1.165, 1.54) is 0 Å². The fourth-order valence-electron chi connectivity index (χ4n) is 2.58. The lowest BCUT2D eigenvalue weighted by atomic mass is 9.77. The molecule has 124 valence electrons. The van der Waals surface area contributed by atoms with Crippen molar-refractivity contribution in [1.29, 1.82) is 0 Å². The maximum Gasteiger partial charge on any atom is 0.328 e. The summed E-state index contributed by atoms with van der Waals surface area (Å²) in [6.45, 7) is 10.9. The third-order valence-electron chi connectivity index (χ3n) is 3.73. The Bertz CT molecular complexity index is 358. The second-order valence-corrected chi connectivity index (χ2v) is 6.94. The zero-order valence-electron chi connectivity index (χ0n) is 13.9. The molecule has 0 aromatic rings. The topological polar surface area (TPSA) is 77.0 Å². The van der Waals surface area contributed by atoms with Gasteiger partial charge in [0.05, 0.1) is 0 Å². The van der Waals surface area contributed by atoms with Crippen LogP contribution in [-0.4, -0.2) is 42.0 Å². The van der Waals surface area contributed by atoms with Gasteiger partial charge in [0.15, 0.2) is 0 Å². The number of esters is 1. The van der Waals surface area contributed by atoms with E-state index in [2.05, 4.69) is 26.1 Å². The van der Waals surface area contributed by atoms with Crippen LogP contribution in [0.2, 0.25) is 0 Å². The Morgan fingerprint density at radius 1 is 1.43 bits per heavy atom. The Morgan fingerprint density at radius 3 is 2.48 bits per heavy atom. The highest BCUT2D eigenvalue weighted by molar-refractivity contribution is 5.80. The van der Waals surface area contributed by atoms with Crippen molar-refractivity contribution >= 4 is 5.97 Å². The van der Waals surface area contributed by atoms with Crippen LogP contribution in [-0.2, 0) is 19.0 Å². The first-order valence-electron chi connectivity index (χ1n) is 7.52. The SMILES string of the molecule is CCC(C)(C)CC(C)(NC(C)C)C(=O)OC1COC(O)O1. The molecule has 6 heteroatoms. The molecule has 2 N–H and O–H groups in total. The van der Waals surface area contributed by atoms with Gasteiger partial charge in [0, 0.05) is 6.04 Å². The summed E-state index contributed by atoms with van der Waals surface area (Å²) in [5.41, 5.74) is -0.813. The van der Waals surface area contributed by atoms with E-state index in [0.717, 1.165) is 6.42 Å². The second-order valence-electron chi connectivity index (χ2n) is 6.94. The van der Waals surface area contributed by atoms with Crippen molar-refractivity contribution in [3.05, 3.63) is 0 Å². The van der Waals surface area contributed by atoms with E-state index in [9.17, 15) is 4.79 Å². The lowest BCUT2D eigenvalue weighted by molar-refractivity contribution is -0.235. The molecule has 0 aliphatic carbocycles. The minimum Gasteiger partial charge on any atom is -0.432 e. The van der Waals surface area contributed by atoms with Crippen molar-refractivity contribution in [1.82, 2.24) is 5.32 Å². The molecule has 3 unspecified atom stereocenters. The Balaban J connectivity index is 2.77. The fraction of sp³-hybridized carbons (Fsp3) is 0.933. The maximum absolute atomic E-state index is 12.6. The van der Waals surface area contributed by atoms with Gasteiger partial charge in [0.25, 0.3) is 6.48 Å². The Morgan fingerprint density at radius 2 is 2.05 bits per heavy atom. The lowest BCUT2D eigenvalue weighted by Crippen LogP contribution is -2.56. The van der Waals surface area contributed by atoms with Gasteiger partial charge in [-0.2, -0.15) is 0 Å². The standard InChI is InChI=1S/C15H29NO5/c1-7-14(4,5)9-15(6,16-10(2)3)12(17)20-11-8-19-13(18)21-11/h10-11,13,16,18H,7-9H2,1-6H3. The molecule has 21 heavy (non-hydrogen) atoms. The zero-order valence-corrected chi connectivity index (χ0v) is 13.9. The molecule has 0 spiro atoms. The number of aliphatic hydroxyl groups is 1. The predicted octanol–water partition coefficient (Wildman–Crippen LogP) is 1.76. The molecule has 0 radical (unpaired) electrons. The molecule has 6 nitrogen and oxygen atoms in total. The molecule has 1 heterocycles. The number of nitrogens with one attached hydrogen (secondary N) is 1. The van der Waals surface area contributed by atoms with E-state index >= 15 is 0 Å². The molecule has 1 aliphatic rings. The molecular weight excluding hydrogens is 274 g/mol. The lowest BCUT2D eigenvalue weighted by Gasteiger charge is -2.37. The number of aliphatic hydroxyl groups excluding tert-OH is 1. The largest absolute Gasteiger partial charge is 0.432 e. The van der Waals surface area contributed by atoms with Crippen LogP contribution in [0.15, 0.2) is 0 Å². The molecule has 1 rings (SSSR count). The molecule has 0 aromatic carbocycles. The number of rotatable bonds is 7. The highest BCUT2D eigenvalue weighted by atomic mass is 16.9. The van der Waals surface area contributed by atoms with Crippen molar-refractivity contribution in [2.45, 2.75) is 78.7 Å². The molecule has 0 bridgehead atoms. The summed E-state index contributed by atoms with van der Waals surface area (Å²) in [5, 5.41) is 12.4. The molecule has 1 saturated heterocycles. The van der Waals surface area contributed by atoms with Gasteiger partial charge in [-0.25, -0.2) is 4.79 Å². The molecule has 0 saturated carbocycles. The van der Waals surface area contributed by atoms with Crippen LogP contribution in [0.4, 0.5) is 0 Å². The molecule has 0 amide bonds. The van der Waals surface area contributed by atoms with E-state index in [1.807, 2.05) is 20.8 Å². The van der Waals surface area contributed by atoms with Gasteiger partial charge < -0.3 is 14.6 Å². The molecule has 1 fully saturated rings. The number of ether oxygens (including phenoxy) is 3. The number of carbonyl (C=O) groups excluding carboxylic acids is 1. The third kappa shape index (κ3) is 5.54. The predicted molar refractivity (Wildman–Crippen MR) is 78.3 cm³/mol. The van der Waals surface area contributed by atoms with Crippen molar-refractivity contribution in [2.24, 2.45) is 5.41 Å². The summed E-state index contributed by atoms with van der Waals surface area (Å²) < 4.78 is 15.1. The molecule has 3 atom stereocenters. The Labute approximate surface area is 127 Å². The van der Waals surface area contributed by atoms with E-state index < -0.39 is 18.3 Å². The van der Waals surface area contributed by atoms with Gasteiger partial charge in [-0.1, -0.05) is 27.2 Å². The first kappa shape index (κ1) is 18.4. The van der Waals surface area contributed by atoms with Crippen LogP contribution in [0.1, 0.15) is 54.4 Å². The van der Waals surface area contributed by atoms with Gasteiger partial charge in [-0.05, 0) is 32.6 Å². The maximum atomic E-state index is 12.6. The van der Waals surface area contributed by atoms with E-state index in [-0.39, 0.29) is 24.0 Å². The van der Waals surface area contributed by atoms with Crippen molar-refractivity contribution < 1.29 is 24.1 Å². The molecule has 1 aliphatic heterocycles. The van der Waals surface area contributed by atoms with Gasteiger partial charge in [-0.15, -0.1) is 0 Å². The monoisotopic (exact) mass is 303 g/mol. The van der Waals surface area contributed by atoms with Gasteiger partial charge in [0.1, 0.15) is 12.1 Å². The first-order valence-corrected chi connectivity index (χ1v) is 7.52. The highest BCUT2D eigenvalue weighted by Gasteiger charge is 2.42. The summed E-state index contributed by atoms with van der Waals surface area (Å²) in [7, 11) is 0. The third-order valence-corrected chi connectivity index (χ3v) is 3.73. The Hall–Kier alpha value is -0.690. The fourth-order valence-corrected chi connectivity index (χ4v) is 2.58. The van der Waals surface area contributed by atoms with Gasteiger partial charge >= 0.3 is 5.97 Å². The first-order chi connectivity index (χ1) is 9.58. The van der Waals surface area contributed by atoms with Crippen LogP contribution >= 0.6 is 0 Å². The second kappa shape index (κ2) is 7.05. The smallest absolute Gasteiger partial charge is 0.328 e. The summed E-state index contributed by atoms with van der Waals surface area (Å²) in [4.78, 5) is 12.6.